The molecule has 114 valence electrons. The summed E-state index contributed by atoms with van der Waals surface area (Å²) in [7, 11) is 0. The number of hydrogen-bond acceptors (Lipinski definition) is 5. The first-order valence-corrected chi connectivity index (χ1v) is 6.95. The molecule has 0 spiro atoms. The number of urea groups is 1. The molecule has 2 N–H and O–H groups in total. The highest BCUT2D eigenvalue weighted by Gasteiger charge is 2.15. The van der Waals surface area contributed by atoms with Crippen molar-refractivity contribution in [2.45, 2.75) is 32.9 Å². The molecular formula is C14H17N7O. The van der Waals surface area contributed by atoms with Crippen molar-refractivity contribution in [2.24, 2.45) is 0 Å². The quantitative estimate of drug-likeness (QED) is 0.875. The van der Waals surface area contributed by atoms with E-state index in [0.29, 0.717) is 17.2 Å². The van der Waals surface area contributed by atoms with Crippen molar-refractivity contribution in [3.8, 4) is 6.07 Å². The van der Waals surface area contributed by atoms with Gasteiger partial charge in [0.1, 0.15) is 18.1 Å². The molecule has 1 unspecified atom stereocenters. The Balaban J connectivity index is 1.96. The Hall–Kier alpha value is -2.95. The highest BCUT2D eigenvalue weighted by Crippen LogP contribution is 2.10. The summed E-state index contributed by atoms with van der Waals surface area (Å²) in [5.74, 6) is 0.704. The summed E-state index contributed by atoms with van der Waals surface area (Å²) in [5.41, 5.74) is 0.811. The predicted octanol–water partition coefficient (Wildman–Crippen LogP) is 1.84. The topological polar surface area (TPSA) is 109 Å². The molecule has 2 aromatic rings. The summed E-state index contributed by atoms with van der Waals surface area (Å²) >= 11 is 0. The smallest absolute Gasteiger partial charge is 0.319 e. The number of nitrogens with one attached hydrogen (secondary N) is 2. The van der Waals surface area contributed by atoms with Crippen molar-refractivity contribution in [2.75, 3.05) is 5.32 Å². The van der Waals surface area contributed by atoms with Crippen LogP contribution in [0.25, 0.3) is 0 Å². The Bertz CT molecular complexity index is 671. The van der Waals surface area contributed by atoms with Gasteiger partial charge in [0.2, 0.25) is 0 Å². The second-order valence-corrected chi connectivity index (χ2v) is 4.75. The zero-order chi connectivity index (χ0) is 15.9. The number of carbonyl (C=O) groups excluding carboxylic acids is 1. The van der Waals surface area contributed by atoms with E-state index in [-0.39, 0.29) is 12.1 Å². The minimum absolute atomic E-state index is 0.277. The fraction of sp³-hybridized carbons (Fsp3) is 0.357. The van der Waals surface area contributed by atoms with E-state index >= 15 is 0 Å². The number of anilines is 1. The Morgan fingerprint density at radius 1 is 1.50 bits per heavy atom. The van der Waals surface area contributed by atoms with E-state index in [4.69, 9.17) is 5.26 Å². The molecule has 0 fully saturated rings. The lowest BCUT2D eigenvalue weighted by Crippen LogP contribution is -2.32. The maximum atomic E-state index is 12.0. The van der Waals surface area contributed by atoms with Crippen molar-refractivity contribution in [3.05, 3.63) is 36.2 Å². The molecule has 2 rings (SSSR count). The van der Waals surface area contributed by atoms with Gasteiger partial charge in [0.25, 0.3) is 0 Å². The van der Waals surface area contributed by atoms with Crippen LogP contribution in [0.15, 0.2) is 24.7 Å². The molecule has 0 aliphatic rings. The molecule has 0 bridgehead atoms. The first kappa shape index (κ1) is 15.4. The summed E-state index contributed by atoms with van der Waals surface area (Å²) in [6, 6.07) is 4.43. The van der Waals surface area contributed by atoms with E-state index in [1.807, 2.05) is 17.6 Å². The van der Waals surface area contributed by atoms with Gasteiger partial charge in [-0.2, -0.15) is 5.26 Å². The van der Waals surface area contributed by atoms with Gasteiger partial charge in [-0.15, -0.1) is 10.2 Å². The number of nitriles is 1. The normalized spacial score (nSPS) is 11.5. The zero-order valence-electron chi connectivity index (χ0n) is 12.4. The molecule has 0 aliphatic carbocycles. The highest BCUT2D eigenvalue weighted by atomic mass is 16.2. The van der Waals surface area contributed by atoms with Crippen LogP contribution in [-0.2, 0) is 6.54 Å². The van der Waals surface area contributed by atoms with Crippen LogP contribution in [0, 0.1) is 11.3 Å². The van der Waals surface area contributed by atoms with Crippen LogP contribution in [0.4, 0.5) is 10.5 Å². The molecule has 0 saturated heterocycles. The average Bonchev–Trinajstić information content (AvgIpc) is 2.96. The van der Waals surface area contributed by atoms with Gasteiger partial charge >= 0.3 is 6.03 Å². The van der Waals surface area contributed by atoms with Gasteiger partial charge in [0.15, 0.2) is 5.82 Å². The molecule has 2 heterocycles. The van der Waals surface area contributed by atoms with Crippen molar-refractivity contribution >= 4 is 11.7 Å². The van der Waals surface area contributed by atoms with E-state index in [2.05, 4.69) is 32.7 Å². The molecule has 8 heteroatoms. The number of nitrogens with zero attached hydrogens (tertiary/aromatic N) is 5. The largest absolute Gasteiger partial charge is 0.328 e. The Kier molecular flexibility index (Phi) is 5.03. The zero-order valence-corrected chi connectivity index (χ0v) is 12.4. The molecule has 0 saturated carbocycles. The van der Waals surface area contributed by atoms with Crippen molar-refractivity contribution in [1.29, 1.82) is 5.26 Å². The van der Waals surface area contributed by atoms with Crippen molar-refractivity contribution < 1.29 is 4.79 Å². The summed E-state index contributed by atoms with van der Waals surface area (Å²) in [6.45, 7) is 4.70. The van der Waals surface area contributed by atoms with E-state index in [0.717, 1.165) is 13.0 Å². The third-order valence-electron chi connectivity index (χ3n) is 2.98. The summed E-state index contributed by atoms with van der Waals surface area (Å²) < 4.78 is 1.91. The highest BCUT2D eigenvalue weighted by molar-refractivity contribution is 5.89. The van der Waals surface area contributed by atoms with Gasteiger partial charge < -0.3 is 15.2 Å². The number of pyridine rings is 1. The number of carbonyl (C=O) groups is 1. The Morgan fingerprint density at radius 3 is 2.95 bits per heavy atom. The van der Waals surface area contributed by atoms with E-state index in [1.54, 1.807) is 12.4 Å². The lowest BCUT2D eigenvalue weighted by molar-refractivity contribution is 0.248. The van der Waals surface area contributed by atoms with Crippen molar-refractivity contribution in [3.63, 3.8) is 0 Å². The fourth-order valence-corrected chi connectivity index (χ4v) is 1.97. The minimum atomic E-state index is -0.370. The molecular weight excluding hydrogens is 282 g/mol. The van der Waals surface area contributed by atoms with Crippen LogP contribution >= 0.6 is 0 Å². The maximum Gasteiger partial charge on any atom is 0.319 e. The fourth-order valence-electron chi connectivity index (χ4n) is 1.97. The first-order valence-electron chi connectivity index (χ1n) is 6.95. The second kappa shape index (κ2) is 7.17. The van der Waals surface area contributed by atoms with Crippen LogP contribution in [0.2, 0.25) is 0 Å². The van der Waals surface area contributed by atoms with Gasteiger partial charge in [0.05, 0.1) is 17.9 Å². The van der Waals surface area contributed by atoms with Gasteiger partial charge in [0, 0.05) is 6.54 Å². The van der Waals surface area contributed by atoms with Crippen LogP contribution in [0.3, 0.4) is 0 Å². The molecule has 22 heavy (non-hydrogen) atoms. The van der Waals surface area contributed by atoms with E-state index in [1.165, 1.54) is 12.3 Å². The molecule has 0 aromatic carbocycles. The summed E-state index contributed by atoms with van der Waals surface area (Å²) in [4.78, 5) is 15.9. The molecule has 0 radical (unpaired) electrons. The number of aryl methyl sites for hydroxylation is 1. The van der Waals surface area contributed by atoms with Crippen LogP contribution in [-0.4, -0.2) is 25.8 Å². The number of rotatable bonds is 5. The van der Waals surface area contributed by atoms with Gasteiger partial charge in [-0.1, -0.05) is 6.92 Å². The van der Waals surface area contributed by atoms with Crippen LogP contribution in [0.1, 0.15) is 37.8 Å². The maximum absolute atomic E-state index is 12.0. The molecule has 2 aromatic heterocycles. The molecule has 2 amide bonds. The predicted molar refractivity (Wildman–Crippen MR) is 79.8 cm³/mol. The summed E-state index contributed by atoms with van der Waals surface area (Å²) in [5, 5.41) is 22.0. The molecule has 1 atom stereocenters. The minimum Gasteiger partial charge on any atom is -0.328 e. The number of hydrogen-bond donors (Lipinski definition) is 2. The van der Waals surface area contributed by atoms with Crippen molar-refractivity contribution in [1.82, 2.24) is 25.1 Å². The van der Waals surface area contributed by atoms with Gasteiger partial charge in [-0.25, -0.2) is 9.78 Å². The monoisotopic (exact) mass is 299 g/mol. The lowest BCUT2D eigenvalue weighted by Gasteiger charge is -2.15. The first-order chi connectivity index (χ1) is 10.6. The molecule has 8 nitrogen and oxygen atoms in total. The standard InChI is InChI=1S/C14H17N7O/c1-3-6-21-9-17-20-13(21)10(2)18-14(22)19-12-5-4-11(7-15)16-8-12/h4-5,8-10H,3,6H2,1-2H3,(H2,18,19,22). The SMILES string of the molecule is CCCn1cnnc1C(C)NC(=O)Nc1ccc(C#N)nc1. The second-order valence-electron chi connectivity index (χ2n) is 4.75. The Morgan fingerprint density at radius 2 is 2.32 bits per heavy atom. The molecule has 0 aliphatic heterocycles. The van der Waals surface area contributed by atoms with Crippen LogP contribution in [0.5, 0.6) is 0 Å². The Labute approximate surface area is 128 Å². The third-order valence-corrected chi connectivity index (χ3v) is 2.98. The van der Waals surface area contributed by atoms with Gasteiger partial charge in [-0.05, 0) is 25.5 Å². The average molecular weight is 299 g/mol. The number of aromatic nitrogens is 4. The number of amides is 2. The van der Waals surface area contributed by atoms with Gasteiger partial charge in [-0.3, -0.25) is 0 Å². The summed E-state index contributed by atoms with van der Waals surface area (Å²) in [6.07, 6.45) is 4.04. The van der Waals surface area contributed by atoms with E-state index in [9.17, 15) is 4.79 Å². The van der Waals surface area contributed by atoms with Crippen LogP contribution < -0.4 is 10.6 Å². The third kappa shape index (κ3) is 3.79. The lowest BCUT2D eigenvalue weighted by atomic mass is 10.3. The van der Waals surface area contributed by atoms with E-state index < -0.39 is 0 Å².